The van der Waals surface area contributed by atoms with Crippen LogP contribution in [0.1, 0.15) is 30.5 Å². The van der Waals surface area contributed by atoms with E-state index in [1.807, 2.05) is 39.0 Å². The van der Waals surface area contributed by atoms with Crippen LogP contribution in [0.15, 0.2) is 23.8 Å². The molecule has 90 valence electrons. The van der Waals surface area contributed by atoms with E-state index in [1.165, 1.54) is 5.57 Å². The van der Waals surface area contributed by atoms with Crippen molar-refractivity contribution in [2.45, 2.75) is 27.2 Å². The van der Waals surface area contributed by atoms with E-state index in [2.05, 4.69) is 17.2 Å². The molecule has 1 unspecified atom stereocenters. The zero-order valence-corrected chi connectivity index (χ0v) is 11.1. The Morgan fingerprint density at radius 3 is 2.76 bits per heavy atom. The average molecular weight is 247 g/mol. The maximum atomic E-state index is 10.4. The van der Waals surface area contributed by atoms with E-state index in [-0.39, 0.29) is 0 Å². The minimum atomic E-state index is -2.29. The fourth-order valence-electron chi connectivity index (χ4n) is 1.60. The van der Waals surface area contributed by atoms with Crippen molar-refractivity contribution in [2.75, 3.05) is 0 Å². The molecule has 0 bridgehead atoms. The van der Waals surface area contributed by atoms with Crippen LogP contribution in [-0.2, 0) is 17.5 Å². The molecule has 0 saturated carbocycles. The summed E-state index contributed by atoms with van der Waals surface area (Å²) >= 11 is -2.29. The van der Waals surface area contributed by atoms with Crippen LogP contribution in [0.25, 0.3) is 6.08 Å². The summed E-state index contributed by atoms with van der Waals surface area (Å²) in [6.07, 6.45) is 2.54. The Kier molecular flexibility index (Phi) is 5.14. The van der Waals surface area contributed by atoms with Crippen molar-refractivity contribution in [3.63, 3.8) is 0 Å². The van der Waals surface area contributed by atoms with Gasteiger partial charge in [0.2, 0.25) is 0 Å². The molecule has 0 saturated heterocycles. The van der Waals surface area contributed by atoms with Crippen molar-refractivity contribution in [1.82, 2.24) is 0 Å². The second-order valence-corrected chi connectivity index (χ2v) is 4.73. The number of hydrogen-bond acceptors (Lipinski definition) is 2. The molecule has 0 amide bonds. The molecule has 0 heterocycles. The van der Waals surface area contributed by atoms with Gasteiger partial charge >= 0.3 is 0 Å². The summed E-state index contributed by atoms with van der Waals surface area (Å²) in [6.45, 7) is 6.07. The largest absolute Gasteiger partial charge is 0.762 e. The number of rotatable bonds is 2. The van der Waals surface area contributed by atoms with Crippen molar-refractivity contribution < 1.29 is 8.76 Å². The van der Waals surface area contributed by atoms with Crippen molar-refractivity contribution in [3.8, 4) is 11.2 Å². The molecule has 0 aliphatic rings. The van der Waals surface area contributed by atoms with Crippen LogP contribution < -0.4 is 0 Å². The van der Waals surface area contributed by atoms with E-state index in [9.17, 15) is 8.76 Å². The third-order valence-corrected chi connectivity index (χ3v) is 2.62. The maximum Gasteiger partial charge on any atom is 0.0358 e. The third kappa shape index (κ3) is 4.56. The Bertz CT molecular complexity index is 515. The fraction of sp³-hybridized carbons (Fsp3) is 0.286. The van der Waals surface area contributed by atoms with Crippen LogP contribution in [0.4, 0.5) is 0 Å². The molecular formula is C14H15O2S-. The zero-order chi connectivity index (χ0) is 12.8. The minimum Gasteiger partial charge on any atom is -0.762 e. The van der Waals surface area contributed by atoms with Gasteiger partial charge < -0.3 is 4.55 Å². The van der Waals surface area contributed by atoms with E-state index < -0.39 is 11.1 Å². The molecular weight excluding hydrogens is 232 g/mol. The van der Waals surface area contributed by atoms with Crippen LogP contribution in [0.5, 0.6) is 0 Å². The van der Waals surface area contributed by atoms with E-state index >= 15 is 0 Å². The van der Waals surface area contributed by atoms with Crippen LogP contribution in [-0.4, -0.2) is 8.76 Å². The predicted octanol–water partition coefficient (Wildman–Crippen LogP) is 2.80. The minimum absolute atomic E-state index is 0.458. The number of benzene rings is 1. The molecule has 3 heteroatoms. The number of hydrogen-bond donors (Lipinski definition) is 0. The van der Waals surface area contributed by atoms with Gasteiger partial charge in [-0.05, 0) is 42.7 Å². The van der Waals surface area contributed by atoms with Crippen LogP contribution in [0, 0.1) is 18.1 Å². The second kappa shape index (κ2) is 6.39. The van der Waals surface area contributed by atoms with Gasteiger partial charge in [0.15, 0.2) is 0 Å². The highest BCUT2D eigenvalue weighted by atomic mass is 32.2. The van der Waals surface area contributed by atoms with Gasteiger partial charge in [-0.25, -0.2) is 0 Å². The Morgan fingerprint density at radius 2 is 2.18 bits per heavy atom. The maximum absolute atomic E-state index is 10.4. The van der Waals surface area contributed by atoms with E-state index in [1.54, 1.807) is 0 Å². The summed E-state index contributed by atoms with van der Waals surface area (Å²) in [5.74, 6) is 2.66. The zero-order valence-electron chi connectivity index (χ0n) is 10.2. The molecule has 0 N–H and O–H groups in total. The first-order valence-electron chi connectivity index (χ1n) is 5.32. The Balaban J connectivity index is 3.09. The van der Waals surface area contributed by atoms with Crippen molar-refractivity contribution in [3.05, 3.63) is 40.5 Å². The van der Waals surface area contributed by atoms with Crippen LogP contribution in [0.2, 0.25) is 0 Å². The van der Waals surface area contributed by atoms with Gasteiger partial charge in [0.25, 0.3) is 0 Å². The Labute approximate surface area is 105 Å². The van der Waals surface area contributed by atoms with Crippen LogP contribution in [0.3, 0.4) is 0 Å². The third-order valence-electron chi connectivity index (χ3n) is 2.31. The lowest BCUT2D eigenvalue weighted by atomic mass is 9.98. The second-order valence-electron chi connectivity index (χ2n) is 4.05. The highest BCUT2D eigenvalue weighted by molar-refractivity contribution is 7.84. The molecule has 2 nitrogen and oxygen atoms in total. The van der Waals surface area contributed by atoms with E-state index in [0.717, 1.165) is 16.7 Å². The summed E-state index contributed by atoms with van der Waals surface area (Å²) < 4.78 is 20.7. The number of allylic oxidation sites excluding steroid dienone is 1. The van der Waals surface area contributed by atoms with Crippen molar-refractivity contribution in [2.24, 2.45) is 0 Å². The van der Waals surface area contributed by atoms with E-state index in [0.29, 0.717) is 6.42 Å². The quantitative estimate of drug-likeness (QED) is 0.595. The molecule has 0 aliphatic carbocycles. The van der Waals surface area contributed by atoms with Gasteiger partial charge in [0, 0.05) is 17.5 Å². The SMILES string of the molecule is CC(C)=Cc1cccc(C)c1CC#CS(=O)[O-]. The molecule has 0 fully saturated rings. The van der Waals surface area contributed by atoms with Gasteiger partial charge in [-0.3, -0.25) is 4.21 Å². The molecule has 0 radical (unpaired) electrons. The molecule has 1 atom stereocenters. The normalized spacial score (nSPS) is 11.3. The molecule has 0 spiro atoms. The summed E-state index contributed by atoms with van der Waals surface area (Å²) in [6, 6.07) is 6.02. The Hall–Kier alpha value is -1.37. The van der Waals surface area contributed by atoms with Crippen LogP contribution >= 0.6 is 0 Å². The number of aryl methyl sites for hydroxylation is 1. The molecule has 0 aromatic heterocycles. The van der Waals surface area contributed by atoms with Gasteiger partial charge in [-0.2, -0.15) is 0 Å². The molecule has 17 heavy (non-hydrogen) atoms. The topological polar surface area (TPSA) is 40.1 Å². The van der Waals surface area contributed by atoms with Gasteiger partial charge in [0.1, 0.15) is 0 Å². The lowest BCUT2D eigenvalue weighted by Gasteiger charge is -2.07. The lowest BCUT2D eigenvalue weighted by Crippen LogP contribution is -1.93. The first-order chi connectivity index (χ1) is 8.00. The van der Waals surface area contributed by atoms with Crippen molar-refractivity contribution >= 4 is 17.2 Å². The summed E-state index contributed by atoms with van der Waals surface area (Å²) in [4.78, 5) is 0. The summed E-state index contributed by atoms with van der Waals surface area (Å²) in [5, 5.41) is 2.15. The molecule has 1 rings (SSSR count). The average Bonchev–Trinajstić information content (AvgIpc) is 2.21. The molecule has 0 aliphatic heterocycles. The summed E-state index contributed by atoms with van der Waals surface area (Å²) in [7, 11) is 0. The lowest BCUT2D eigenvalue weighted by molar-refractivity contribution is 0.548. The Morgan fingerprint density at radius 1 is 1.47 bits per heavy atom. The summed E-state index contributed by atoms with van der Waals surface area (Å²) in [5.41, 5.74) is 4.53. The predicted molar refractivity (Wildman–Crippen MR) is 70.9 cm³/mol. The van der Waals surface area contributed by atoms with Gasteiger partial charge in [0.05, 0.1) is 0 Å². The first-order valence-corrected chi connectivity index (χ1v) is 6.39. The highest BCUT2D eigenvalue weighted by Gasteiger charge is 2.01. The van der Waals surface area contributed by atoms with Gasteiger partial charge in [-0.15, -0.1) is 0 Å². The highest BCUT2D eigenvalue weighted by Crippen LogP contribution is 2.17. The van der Waals surface area contributed by atoms with Gasteiger partial charge in [-0.1, -0.05) is 35.8 Å². The monoisotopic (exact) mass is 247 g/mol. The fourth-order valence-corrected chi connectivity index (χ4v) is 1.79. The standard InChI is InChI=1S/C14H16O2S/c1-11(2)10-13-7-4-6-12(3)14(13)8-5-9-17(15)16/h4,6-7,10H,8H2,1-3H3,(H,15,16)/p-1. The van der Waals surface area contributed by atoms with Crippen molar-refractivity contribution in [1.29, 1.82) is 0 Å². The smallest absolute Gasteiger partial charge is 0.0358 e. The molecule has 1 aromatic rings. The molecule has 1 aromatic carbocycles. The first kappa shape index (κ1) is 13.7. The van der Waals surface area contributed by atoms with E-state index in [4.69, 9.17) is 0 Å².